The average Bonchev–Trinajstić information content (AvgIpc) is 2.96. The lowest BCUT2D eigenvalue weighted by atomic mass is 9.94. The topological polar surface area (TPSA) is 57.7 Å². The minimum absolute atomic E-state index is 0.0861. The van der Waals surface area contributed by atoms with Crippen LogP contribution in [0.4, 0.5) is 5.69 Å². The number of fused-ring (bicyclic) bond motifs is 1. The Hall–Kier alpha value is -1.40. The first kappa shape index (κ1) is 17.4. The van der Waals surface area contributed by atoms with Crippen LogP contribution in [0.3, 0.4) is 0 Å². The van der Waals surface area contributed by atoms with Crippen LogP contribution in [0.5, 0.6) is 0 Å². The number of rotatable bonds is 3. The molecule has 1 aromatic carbocycles. The van der Waals surface area contributed by atoms with Crippen LogP contribution in [0.15, 0.2) is 23.1 Å². The summed E-state index contributed by atoms with van der Waals surface area (Å²) in [4.78, 5) is 14.1. The van der Waals surface area contributed by atoms with Gasteiger partial charge in [-0.25, -0.2) is 8.42 Å². The van der Waals surface area contributed by atoms with Crippen LogP contribution in [0, 0.1) is 11.8 Å². The number of carbonyl (C=O) groups excluding carboxylic acids is 1. The molecule has 2 atom stereocenters. The molecule has 1 fully saturated rings. The minimum atomic E-state index is -3.46. The van der Waals surface area contributed by atoms with E-state index in [1.54, 1.807) is 27.4 Å². The maximum Gasteiger partial charge on any atom is 0.243 e. The molecule has 1 saturated heterocycles. The number of amides is 1. The van der Waals surface area contributed by atoms with E-state index in [0.29, 0.717) is 42.8 Å². The number of hydrogen-bond acceptors (Lipinski definition) is 3. The fourth-order valence-electron chi connectivity index (χ4n) is 3.94. The highest BCUT2D eigenvalue weighted by atomic mass is 32.2. The molecule has 2 aliphatic heterocycles. The third-order valence-electron chi connectivity index (χ3n) is 5.02. The lowest BCUT2D eigenvalue weighted by Gasteiger charge is -2.34. The second kappa shape index (κ2) is 6.48. The van der Waals surface area contributed by atoms with Gasteiger partial charge >= 0.3 is 0 Å². The fourth-order valence-corrected chi connectivity index (χ4v) is 5.67. The lowest BCUT2D eigenvalue weighted by molar-refractivity contribution is -0.118. The SMILES string of the molecule is CCC(=O)N1CCc2cc(S(=O)(=O)N3C[C@@H](C)C[C@H](C)C3)ccc21. The Balaban J connectivity index is 1.89. The van der Waals surface area contributed by atoms with Gasteiger partial charge in [0.1, 0.15) is 0 Å². The maximum absolute atomic E-state index is 13.0. The Labute approximate surface area is 144 Å². The highest BCUT2D eigenvalue weighted by Crippen LogP contribution is 2.33. The van der Waals surface area contributed by atoms with Gasteiger partial charge in [0.05, 0.1) is 4.90 Å². The van der Waals surface area contributed by atoms with E-state index in [0.717, 1.165) is 24.1 Å². The number of carbonyl (C=O) groups is 1. The van der Waals surface area contributed by atoms with Crippen molar-refractivity contribution in [2.45, 2.75) is 44.9 Å². The molecule has 132 valence electrons. The van der Waals surface area contributed by atoms with E-state index in [1.807, 2.05) is 6.92 Å². The molecule has 0 aromatic heterocycles. The predicted octanol–water partition coefficient (Wildman–Crippen LogP) is 2.65. The number of benzene rings is 1. The monoisotopic (exact) mass is 350 g/mol. The van der Waals surface area contributed by atoms with Crippen molar-refractivity contribution in [2.75, 3.05) is 24.5 Å². The van der Waals surface area contributed by atoms with E-state index in [1.165, 1.54) is 0 Å². The third kappa shape index (κ3) is 3.09. The van der Waals surface area contributed by atoms with Gasteiger partial charge < -0.3 is 4.90 Å². The number of piperidine rings is 1. The summed E-state index contributed by atoms with van der Waals surface area (Å²) in [5.74, 6) is 0.856. The van der Waals surface area contributed by atoms with Gasteiger partial charge in [-0.1, -0.05) is 20.8 Å². The van der Waals surface area contributed by atoms with Gasteiger partial charge in [0.2, 0.25) is 15.9 Å². The molecule has 0 bridgehead atoms. The van der Waals surface area contributed by atoms with Crippen LogP contribution in [0.2, 0.25) is 0 Å². The summed E-state index contributed by atoms with van der Waals surface area (Å²) < 4.78 is 27.6. The highest BCUT2D eigenvalue weighted by molar-refractivity contribution is 7.89. The third-order valence-corrected chi connectivity index (χ3v) is 6.85. The van der Waals surface area contributed by atoms with Gasteiger partial charge in [0, 0.05) is 31.7 Å². The molecule has 0 unspecified atom stereocenters. The average molecular weight is 350 g/mol. The Morgan fingerprint density at radius 3 is 2.50 bits per heavy atom. The van der Waals surface area contributed by atoms with E-state index in [2.05, 4.69) is 13.8 Å². The molecule has 1 aromatic rings. The lowest BCUT2D eigenvalue weighted by Crippen LogP contribution is -2.42. The van der Waals surface area contributed by atoms with E-state index in [-0.39, 0.29) is 5.91 Å². The van der Waals surface area contributed by atoms with Crippen molar-refractivity contribution in [1.29, 1.82) is 0 Å². The largest absolute Gasteiger partial charge is 0.312 e. The summed E-state index contributed by atoms with van der Waals surface area (Å²) in [6.07, 6.45) is 2.25. The summed E-state index contributed by atoms with van der Waals surface area (Å²) >= 11 is 0. The molecule has 1 amide bonds. The van der Waals surface area contributed by atoms with E-state index in [4.69, 9.17) is 0 Å². The van der Waals surface area contributed by atoms with Crippen molar-refractivity contribution in [1.82, 2.24) is 4.31 Å². The van der Waals surface area contributed by atoms with Gasteiger partial charge in [-0.2, -0.15) is 4.31 Å². The van der Waals surface area contributed by atoms with Crippen molar-refractivity contribution >= 4 is 21.6 Å². The molecule has 0 radical (unpaired) electrons. The quantitative estimate of drug-likeness (QED) is 0.842. The summed E-state index contributed by atoms with van der Waals surface area (Å²) in [7, 11) is -3.46. The first-order valence-electron chi connectivity index (χ1n) is 8.76. The molecule has 3 rings (SSSR count). The van der Waals surface area contributed by atoms with Crippen molar-refractivity contribution in [3.05, 3.63) is 23.8 Å². The number of anilines is 1. The van der Waals surface area contributed by atoms with Gasteiger partial charge in [-0.05, 0) is 48.4 Å². The normalized spacial score (nSPS) is 24.9. The second-order valence-corrected chi connectivity index (χ2v) is 9.15. The van der Waals surface area contributed by atoms with Crippen LogP contribution in [-0.2, 0) is 21.2 Å². The molecule has 5 nitrogen and oxygen atoms in total. The van der Waals surface area contributed by atoms with Crippen LogP contribution in [0.1, 0.15) is 39.2 Å². The van der Waals surface area contributed by atoms with Crippen LogP contribution < -0.4 is 4.90 Å². The molecule has 0 spiro atoms. The summed E-state index contributed by atoms with van der Waals surface area (Å²) in [5, 5.41) is 0. The van der Waals surface area contributed by atoms with Crippen LogP contribution in [0.25, 0.3) is 0 Å². The molecular weight excluding hydrogens is 324 g/mol. The zero-order chi connectivity index (χ0) is 17.5. The second-order valence-electron chi connectivity index (χ2n) is 7.21. The highest BCUT2D eigenvalue weighted by Gasteiger charge is 2.33. The first-order valence-corrected chi connectivity index (χ1v) is 10.2. The zero-order valence-corrected chi connectivity index (χ0v) is 15.5. The summed E-state index contributed by atoms with van der Waals surface area (Å²) in [5.41, 5.74) is 1.82. The van der Waals surface area contributed by atoms with Gasteiger partial charge in [0.25, 0.3) is 0 Å². The Bertz CT molecular complexity index is 735. The summed E-state index contributed by atoms with van der Waals surface area (Å²) in [6.45, 7) is 7.87. The van der Waals surface area contributed by atoms with Gasteiger partial charge in [-0.3, -0.25) is 4.79 Å². The standard InChI is InChI=1S/C18H26N2O3S/c1-4-18(21)20-8-7-15-10-16(5-6-17(15)20)24(22,23)19-11-13(2)9-14(3)12-19/h5-6,10,13-14H,4,7-9,11-12H2,1-3H3/t13-,14-/m0/s1. The van der Waals surface area contributed by atoms with Gasteiger partial charge in [-0.15, -0.1) is 0 Å². The molecule has 2 aliphatic rings. The van der Waals surface area contributed by atoms with Crippen LogP contribution in [-0.4, -0.2) is 38.3 Å². The predicted molar refractivity (Wildman–Crippen MR) is 94.5 cm³/mol. The Morgan fingerprint density at radius 1 is 1.21 bits per heavy atom. The molecule has 2 heterocycles. The molecular formula is C18H26N2O3S. The first-order chi connectivity index (χ1) is 11.3. The Morgan fingerprint density at radius 2 is 1.88 bits per heavy atom. The summed E-state index contributed by atoms with van der Waals surface area (Å²) in [6, 6.07) is 5.20. The smallest absolute Gasteiger partial charge is 0.243 e. The van der Waals surface area contributed by atoms with E-state index >= 15 is 0 Å². The van der Waals surface area contributed by atoms with Gasteiger partial charge in [0.15, 0.2) is 0 Å². The van der Waals surface area contributed by atoms with Crippen molar-refractivity contribution in [3.63, 3.8) is 0 Å². The van der Waals surface area contributed by atoms with E-state index < -0.39 is 10.0 Å². The van der Waals surface area contributed by atoms with Crippen molar-refractivity contribution in [3.8, 4) is 0 Å². The Kier molecular flexibility index (Phi) is 4.71. The van der Waals surface area contributed by atoms with Crippen molar-refractivity contribution in [2.24, 2.45) is 11.8 Å². The number of nitrogens with zero attached hydrogens (tertiary/aromatic N) is 2. The minimum Gasteiger partial charge on any atom is -0.312 e. The van der Waals surface area contributed by atoms with Crippen molar-refractivity contribution < 1.29 is 13.2 Å². The molecule has 0 aliphatic carbocycles. The zero-order valence-electron chi connectivity index (χ0n) is 14.7. The molecule has 0 saturated carbocycles. The van der Waals surface area contributed by atoms with Crippen LogP contribution >= 0.6 is 0 Å². The molecule has 0 N–H and O–H groups in total. The maximum atomic E-state index is 13.0. The number of hydrogen-bond donors (Lipinski definition) is 0. The number of sulfonamides is 1. The molecule has 6 heteroatoms. The molecule has 24 heavy (non-hydrogen) atoms. The van der Waals surface area contributed by atoms with E-state index in [9.17, 15) is 13.2 Å². The fraction of sp³-hybridized carbons (Fsp3) is 0.611.